The van der Waals surface area contributed by atoms with Crippen molar-refractivity contribution in [2.45, 2.75) is 19.1 Å². The molecule has 5 rings (SSSR count). The first-order chi connectivity index (χ1) is 18.4. The molecule has 3 aromatic rings. The van der Waals surface area contributed by atoms with Crippen LogP contribution < -0.4 is 14.8 Å². The number of amides is 3. The van der Waals surface area contributed by atoms with Crippen LogP contribution in [0.15, 0.2) is 48.9 Å². The normalized spacial score (nSPS) is 20.3. The maximum Gasteiger partial charge on any atom is 0.257 e. The topological polar surface area (TPSA) is 132 Å². The summed E-state index contributed by atoms with van der Waals surface area (Å²) >= 11 is 0. The van der Waals surface area contributed by atoms with Gasteiger partial charge in [0.15, 0.2) is 11.5 Å². The molecule has 198 valence electrons. The fourth-order valence-corrected chi connectivity index (χ4v) is 4.86. The van der Waals surface area contributed by atoms with Crippen LogP contribution in [-0.2, 0) is 11.4 Å². The van der Waals surface area contributed by atoms with Crippen molar-refractivity contribution in [3.63, 3.8) is 0 Å². The maximum absolute atomic E-state index is 13.2. The molecule has 1 N–H and O–H groups in total. The Hall–Kier alpha value is -4.48. The van der Waals surface area contributed by atoms with Gasteiger partial charge < -0.3 is 24.6 Å². The molecule has 0 unspecified atom stereocenters. The molecule has 2 aliphatic rings. The highest BCUT2D eigenvalue weighted by Crippen LogP contribution is 2.34. The van der Waals surface area contributed by atoms with E-state index in [2.05, 4.69) is 20.6 Å². The molecule has 3 amide bonds. The van der Waals surface area contributed by atoms with E-state index in [9.17, 15) is 14.4 Å². The van der Waals surface area contributed by atoms with E-state index in [1.54, 1.807) is 65.6 Å². The van der Waals surface area contributed by atoms with Gasteiger partial charge in [-0.15, -0.1) is 5.10 Å². The van der Waals surface area contributed by atoms with Crippen LogP contribution in [0.25, 0.3) is 0 Å². The van der Waals surface area contributed by atoms with Crippen LogP contribution in [0.5, 0.6) is 11.5 Å². The number of hydrogen-bond acceptors (Lipinski definition) is 8. The van der Waals surface area contributed by atoms with E-state index in [1.165, 1.54) is 12.0 Å². The standard InChI is InChI=1S/C26H29N7O5/c1-31-11-10-28-23(34)12-18-13-32(25(35)17-6-8-27-9-7-17)15-21(18)33-14-19(29-30-33)16-38-24-20(26(31)36)4-3-5-22(24)37-2/h3-9,14,18,21H,10-13,15-16H2,1-2H3,(H,28,34)/t18-,21+/m0/s1. The van der Waals surface area contributed by atoms with Gasteiger partial charge in [-0.1, -0.05) is 11.3 Å². The predicted molar refractivity (Wildman–Crippen MR) is 135 cm³/mol. The molecular formula is C26H29N7O5. The lowest BCUT2D eigenvalue weighted by Gasteiger charge is -2.21. The third-order valence-electron chi connectivity index (χ3n) is 6.88. The number of fused-ring (bicyclic) bond motifs is 5. The maximum atomic E-state index is 13.2. The number of benzene rings is 1. The number of nitrogens with zero attached hydrogens (tertiary/aromatic N) is 6. The first kappa shape index (κ1) is 25.2. The van der Waals surface area contributed by atoms with Crippen molar-refractivity contribution in [2.24, 2.45) is 5.92 Å². The van der Waals surface area contributed by atoms with Crippen molar-refractivity contribution in [3.05, 3.63) is 65.7 Å². The number of pyridine rings is 1. The van der Waals surface area contributed by atoms with Gasteiger partial charge in [0.1, 0.15) is 12.3 Å². The molecule has 12 nitrogen and oxygen atoms in total. The van der Waals surface area contributed by atoms with Crippen LogP contribution in [0, 0.1) is 5.92 Å². The first-order valence-electron chi connectivity index (χ1n) is 12.4. The minimum absolute atomic E-state index is 0.0574. The number of methoxy groups -OCH3 is 1. The molecule has 1 saturated heterocycles. The summed E-state index contributed by atoms with van der Waals surface area (Å²) in [4.78, 5) is 46.5. The van der Waals surface area contributed by atoms with Crippen molar-refractivity contribution in [1.29, 1.82) is 0 Å². The fraction of sp³-hybridized carbons (Fsp3) is 0.385. The Morgan fingerprint density at radius 2 is 1.97 bits per heavy atom. The second kappa shape index (κ2) is 10.9. The summed E-state index contributed by atoms with van der Waals surface area (Å²) < 4.78 is 13.2. The summed E-state index contributed by atoms with van der Waals surface area (Å²) in [6.07, 6.45) is 5.12. The average Bonchev–Trinajstić information content (AvgIpc) is 3.58. The van der Waals surface area contributed by atoms with Crippen LogP contribution in [0.1, 0.15) is 38.9 Å². The lowest BCUT2D eigenvalue weighted by atomic mass is 9.99. The molecule has 2 bridgehead atoms. The number of para-hydroxylation sites is 1. The Bertz CT molecular complexity index is 1330. The molecule has 4 heterocycles. The SMILES string of the molecule is COc1cccc2c1OCc1cn(nn1)[C@@H]1CN(C(=O)c3ccncc3)C[C@@H]1CC(=O)NCCN(C)C2=O. The monoisotopic (exact) mass is 519 g/mol. The number of carbonyl (C=O) groups excluding carboxylic acids is 3. The average molecular weight is 520 g/mol. The summed E-state index contributed by atoms with van der Waals surface area (Å²) in [6.45, 7) is 1.43. The zero-order valence-electron chi connectivity index (χ0n) is 21.2. The highest BCUT2D eigenvalue weighted by molar-refractivity contribution is 5.97. The fourth-order valence-electron chi connectivity index (χ4n) is 4.86. The second-order valence-corrected chi connectivity index (χ2v) is 9.37. The van der Waals surface area contributed by atoms with Crippen molar-refractivity contribution >= 4 is 17.7 Å². The number of nitrogens with one attached hydrogen (secondary N) is 1. The van der Waals surface area contributed by atoms with E-state index in [4.69, 9.17) is 9.47 Å². The lowest BCUT2D eigenvalue weighted by molar-refractivity contribution is -0.122. The smallest absolute Gasteiger partial charge is 0.257 e. The number of hydrogen-bond donors (Lipinski definition) is 1. The molecule has 0 radical (unpaired) electrons. The molecule has 0 saturated carbocycles. The Labute approximate surface area is 219 Å². The third-order valence-corrected chi connectivity index (χ3v) is 6.88. The van der Waals surface area contributed by atoms with Crippen molar-refractivity contribution in [1.82, 2.24) is 35.1 Å². The number of rotatable bonds is 2. The highest BCUT2D eigenvalue weighted by atomic mass is 16.5. The summed E-state index contributed by atoms with van der Waals surface area (Å²) in [5.41, 5.74) is 1.42. The minimum Gasteiger partial charge on any atom is -0.493 e. The van der Waals surface area contributed by atoms with Gasteiger partial charge in [-0.3, -0.25) is 19.4 Å². The molecule has 0 spiro atoms. The third kappa shape index (κ3) is 5.15. The van der Waals surface area contributed by atoms with Crippen LogP contribution >= 0.6 is 0 Å². The Morgan fingerprint density at radius 1 is 1.16 bits per heavy atom. The van der Waals surface area contributed by atoms with Crippen LogP contribution in [0.2, 0.25) is 0 Å². The molecule has 2 aromatic heterocycles. The number of likely N-dealkylation sites (tertiary alicyclic amines) is 1. The number of likely N-dealkylation sites (N-methyl/N-ethyl adjacent to an activating group) is 1. The molecule has 0 aliphatic carbocycles. The zero-order chi connectivity index (χ0) is 26.6. The molecule has 1 aromatic carbocycles. The molecule has 12 heteroatoms. The van der Waals surface area contributed by atoms with Gasteiger partial charge >= 0.3 is 0 Å². The van der Waals surface area contributed by atoms with Crippen LogP contribution in [0.4, 0.5) is 0 Å². The number of carbonyl (C=O) groups is 3. The summed E-state index contributed by atoms with van der Waals surface area (Å²) in [6, 6.07) is 8.22. The van der Waals surface area contributed by atoms with Gasteiger partial charge in [0, 0.05) is 63.5 Å². The summed E-state index contributed by atoms with van der Waals surface area (Å²) in [5.74, 6) is 0.0162. The Kier molecular flexibility index (Phi) is 7.20. The van der Waals surface area contributed by atoms with E-state index in [0.717, 1.165) is 0 Å². The lowest BCUT2D eigenvalue weighted by Crippen LogP contribution is -2.37. The van der Waals surface area contributed by atoms with Gasteiger partial charge in [-0.25, -0.2) is 4.68 Å². The largest absolute Gasteiger partial charge is 0.493 e. The summed E-state index contributed by atoms with van der Waals surface area (Å²) in [5, 5.41) is 11.5. The van der Waals surface area contributed by atoms with E-state index in [-0.39, 0.29) is 49.3 Å². The van der Waals surface area contributed by atoms with Crippen LogP contribution in [-0.4, -0.2) is 87.8 Å². The first-order valence-corrected chi connectivity index (χ1v) is 12.4. The van der Waals surface area contributed by atoms with E-state index in [0.29, 0.717) is 48.0 Å². The van der Waals surface area contributed by atoms with Gasteiger partial charge in [0.2, 0.25) is 5.91 Å². The second-order valence-electron chi connectivity index (χ2n) is 9.37. The van der Waals surface area contributed by atoms with E-state index < -0.39 is 0 Å². The molecule has 1 fully saturated rings. The van der Waals surface area contributed by atoms with Crippen molar-refractivity contribution in [2.75, 3.05) is 40.3 Å². The Balaban J connectivity index is 1.44. The number of aromatic nitrogens is 4. The minimum atomic E-state index is -0.259. The summed E-state index contributed by atoms with van der Waals surface area (Å²) in [7, 11) is 3.18. The van der Waals surface area contributed by atoms with Gasteiger partial charge in [-0.2, -0.15) is 0 Å². The molecule has 2 atom stereocenters. The van der Waals surface area contributed by atoms with E-state index >= 15 is 0 Å². The Morgan fingerprint density at radius 3 is 2.76 bits per heavy atom. The highest BCUT2D eigenvalue weighted by Gasteiger charge is 2.38. The van der Waals surface area contributed by atoms with Crippen molar-refractivity contribution in [3.8, 4) is 11.5 Å². The molecular weight excluding hydrogens is 490 g/mol. The zero-order valence-corrected chi connectivity index (χ0v) is 21.2. The molecule has 2 aliphatic heterocycles. The van der Waals surface area contributed by atoms with Crippen molar-refractivity contribution < 1.29 is 23.9 Å². The van der Waals surface area contributed by atoms with Gasteiger partial charge in [0.25, 0.3) is 11.8 Å². The molecule has 38 heavy (non-hydrogen) atoms. The number of ether oxygens (including phenoxy) is 2. The van der Waals surface area contributed by atoms with Gasteiger partial charge in [-0.05, 0) is 24.3 Å². The predicted octanol–water partition coefficient (Wildman–Crippen LogP) is 1.17. The van der Waals surface area contributed by atoms with E-state index in [1.807, 2.05) is 0 Å². The van der Waals surface area contributed by atoms with Gasteiger partial charge in [0.05, 0.1) is 24.9 Å². The quantitative estimate of drug-likeness (QED) is 0.534. The van der Waals surface area contributed by atoms with Crippen LogP contribution in [0.3, 0.4) is 0 Å².